The lowest BCUT2D eigenvalue weighted by Crippen LogP contribution is -2.49. The Bertz CT molecular complexity index is 778. The van der Waals surface area contributed by atoms with E-state index in [-0.39, 0.29) is 5.91 Å². The van der Waals surface area contributed by atoms with Crippen LogP contribution >= 0.6 is 11.8 Å². The molecule has 0 radical (unpaired) electrons. The first-order chi connectivity index (χ1) is 12.6. The Morgan fingerprint density at radius 1 is 1.26 bits per heavy atom. The van der Waals surface area contributed by atoms with Crippen molar-refractivity contribution in [2.45, 2.75) is 64.0 Å². The summed E-state index contributed by atoms with van der Waals surface area (Å²) >= 11 is 1.25. The van der Waals surface area contributed by atoms with Crippen LogP contribution in [-0.4, -0.2) is 37.5 Å². The van der Waals surface area contributed by atoms with Gasteiger partial charge in [-0.05, 0) is 45.7 Å². The van der Waals surface area contributed by atoms with Gasteiger partial charge in [0, 0.05) is 12.1 Å². The lowest BCUT2D eigenvalue weighted by molar-refractivity contribution is -0.119. The second-order valence-electron chi connectivity index (χ2n) is 7.74. The molecule has 0 aliphatic carbocycles. The molecule has 0 aliphatic rings. The van der Waals surface area contributed by atoms with Crippen LogP contribution in [0, 0.1) is 5.92 Å². The number of furan rings is 1. The summed E-state index contributed by atoms with van der Waals surface area (Å²) in [5, 5.41) is 13.6. The zero-order chi connectivity index (χ0) is 20.2. The molecule has 0 saturated carbocycles. The summed E-state index contributed by atoms with van der Waals surface area (Å²) in [5.41, 5.74) is -0.421. The SMILES string of the molecule is CC(C)Cn1c(SC(C)C(=O)NC(=O)NC(C)(C)C)nnc1-c1ccco1. The van der Waals surface area contributed by atoms with Crippen molar-refractivity contribution in [1.29, 1.82) is 0 Å². The predicted molar refractivity (Wildman–Crippen MR) is 104 cm³/mol. The number of amides is 3. The fourth-order valence-corrected chi connectivity index (χ4v) is 3.15. The summed E-state index contributed by atoms with van der Waals surface area (Å²) in [7, 11) is 0. The minimum atomic E-state index is -0.518. The molecule has 0 aromatic carbocycles. The molecule has 2 rings (SSSR count). The molecule has 2 aromatic heterocycles. The minimum absolute atomic E-state index is 0.357. The van der Waals surface area contributed by atoms with Crippen LogP contribution in [0.4, 0.5) is 4.79 Å². The van der Waals surface area contributed by atoms with Crippen LogP contribution in [0.1, 0.15) is 41.5 Å². The van der Waals surface area contributed by atoms with Crippen LogP contribution in [0.5, 0.6) is 0 Å². The summed E-state index contributed by atoms with van der Waals surface area (Å²) in [6.45, 7) is 12.1. The van der Waals surface area contributed by atoms with Gasteiger partial charge >= 0.3 is 6.03 Å². The molecule has 1 atom stereocenters. The van der Waals surface area contributed by atoms with Crippen LogP contribution in [0.15, 0.2) is 28.0 Å². The third-order valence-electron chi connectivity index (χ3n) is 3.38. The Morgan fingerprint density at radius 2 is 1.96 bits per heavy atom. The molecular formula is C18H27N5O3S. The number of aromatic nitrogens is 3. The number of carbonyl (C=O) groups excluding carboxylic acids is 2. The van der Waals surface area contributed by atoms with E-state index in [1.807, 2.05) is 31.4 Å². The van der Waals surface area contributed by atoms with E-state index < -0.39 is 16.8 Å². The topological polar surface area (TPSA) is 102 Å². The molecule has 3 amide bonds. The van der Waals surface area contributed by atoms with Gasteiger partial charge in [0.05, 0.1) is 11.5 Å². The van der Waals surface area contributed by atoms with E-state index in [4.69, 9.17) is 4.42 Å². The summed E-state index contributed by atoms with van der Waals surface area (Å²) in [5.74, 6) is 1.21. The first-order valence-electron chi connectivity index (χ1n) is 8.83. The van der Waals surface area contributed by atoms with Gasteiger partial charge in [-0.15, -0.1) is 10.2 Å². The Hall–Kier alpha value is -2.29. The van der Waals surface area contributed by atoms with Gasteiger partial charge in [0.1, 0.15) is 0 Å². The van der Waals surface area contributed by atoms with Gasteiger partial charge < -0.3 is 9.73 Å². The third kappa shape index (κ3) is 6.13. The van der Waals surface area contributed by atoms with Gasteiger partial charge in [0.2, 0.25) is 5.91 Å². The summed E-state index contributed by atoms with van der Waals surface area (Å²) in [4.78, 5) is 24.2. The van der Waals surface area contributed by atoms with E-state index in [1.54, 1.807) is 19.3 Å². The van der Waals surface area contributed by atoms with Crippen molar-refractivity contribution in [3.8, 4) is 11.6 Å². The van der Waals surface area contributed by atoms with Gasteiger partial charge in [-0.3, -0.25) is 14.7 Å². The maximum Gasteiger partial charge on any atom is 0.321 e. The largest absolute Gasteiger partial charge is 0.461 e. The van der Waals surface area contributed by atoms with Crippen LogP contribution in [-0.2, 0) is 11.3 Å². The number of nitrogens with zero attached hydrogens (tertiary/aromatic N) is 3. The Morgan fingerprint density at radius 3 is 2.52 bits per heavy atom. The van der Waals surface area contributed by atoms with Crippen LogP contribution in [0.2, 0.25) is 0 Å². The number of nitrogens with one attached hydrogen (secondary N) is 2. The Labute approximate surface area is 163 Å². The average molecular weight is 394 g/mol. The number of hydrogen-bond acceptors (Lipinski definition) is 6. The van der Waals surface area contributed by atoms with E-state index in [0.717, 1.165) is 0 Å². The summed E-state index contributed by atoms with van der Waals surface area (Å²) < 4.78 is 7.38. The van der Waals surface area contributed by atoms with Gasteiger partial charge in [0.25, 0.3) is 0 Å². The highest BCUT2D eigenvalue weighted by atomic mass is 32.2. The smallest absolute Gasteiger partial charge is 0.321 e. The number of hydrogen-bond donors (Lipinski definition) is 2. The first-order valence-corrected chi connectivity index (χ1v) is 9.71. The number of carbonyl (C=O) groups is 2. The molecule has 2 aromatic rings. The maximum absolute atomic E-state index is 12.3. The molecule has 0 saturated heterocycles. The molecule has 1 unspecified atom stereocenters. The Kier molecular flexibility index (Phi) is 6.69. The zero-order valence-corrected chi connectivity index (χ0v) is 17.4. The van der Waals surface area contributed by atoms with Crippen molar-refractivity contribution in [1.82, 2.24) is 25.4 Å². The molecule has 9 heteroatoms. The van der Waals surface area contributed by atoms with E-state index in [2.05, 4.69) is 34.7 Å². The van der Waals surface area contributed by atoms with Crippen LogP contribution in [0.25, 0.3) is 11.6 Å². The molecule has 0 spiro atoms. The summed E-state index contributed by atoms with van der Waals surface area (Å²) in [6.07, 6.45) is 1.58. The number of thioether (sulfide) groups is 1. The average Bonchev–Trinajstić information content (AvgIpc) is 3.15. The fraction of sp³-hybridized carbons (Fsp3) is 0.556. The lowest BCUT2D eigenvalue weighted by Gasteiger charge is -2.21. The molecule has 2 heterocycles. The van der Waals surface area contributed by atoms with E-state index in [1.165, 1.54) is 11.8 Å². The maximum atomic E-state index is 12.3. The van der Waals surface area contributed by atoms with Crippen molar-refractivity contribution < 1.29 is 14.0 Å². The molecule has 0 fully saturated rings. The lowest BCUT2D eigenvalue weighted by atomic mass is 10.1. The molecule has 0 aliphatic heterocycles. The standard InChI is InChI=1S/C18H27N5O3S/c1-11(2)10-23-14(13-8-7-9-26-13)21-22-17(23)27-12(3)15(24)19-16(25)20-18(4,5)6/h7-9,11-12H,10H2,1-6H3,(H2,19,20,24,25). The third-order valence-corrected chi connectivity index (χ3v) is 4.46. The van der Waals surface area contributed by atoms with Crippen LogP contribution < -0.4 is 10.6 Å². The van der Waals surface area contributed by atoms with Gasteiger partial charge in [0.15, 0.2) is 16.7 Å². The van der Waals surface area contributed by atoms with Gasteiger partial charge in [-0.25, -0.2) is 4.79 Å². The molecule has 148 valence electrons. The number of rotatable bonds is 6. The molecule has 0 bridgehead atoms. The first kappa shape index (κ1) is 21.0. The van der Waals surface area contributed by atoms with E-state index in [0.29, 0.717) is 29.2 Å². The highest BCUT2D eigenvalue weighted by Crippen LogP contribution is 2.28. The molecular weight excluding hydrogens is 366 g/mol. The highest BCUT2D eigenvalue weighted by molar-refractivity contribution is 8.00. The van der Waals surface area contributed by atoms with E-state index >= 15 is 0 Å². The van der Waals surface area contributed by atoms with Crippen molar-refractivity contribution in [2.24, 2.45) is 5.92 Å². The second-order valence-corrected chi connectivity index (χ2v) is 9.05. The number of urea groups is 1. The minimum Gasteiger partial charge on any atom is -0.461 e. The molecule has 2 N–H and O–H groups in total. The molecule has 27 heavy (non-hydrogen) atoms. The summed E-state index contributed by atoms with van der Waals surface area (Å²) in [6, 6.07) is 3.10. The van der Waals surface area contributed by atoms with Crippen molar-refractivity contribution in [3.63, 3.8) is 0 Å². The van der Waals surface area contributed by atoms with Crippen molar-refractivity contribution >= 4 is 23.7 Å². The van der Waals surface area contributed by atoms with E-state index in [9.17, 15) is 9.59 Å². The van der Waals surface area contributed by atoms with Gasteiger partial charge in [-0.1, -0.05) is 25.6 Å². The highest BCUT2D eigenvalue weighted by Gasteiger charge is 2.24. The quantitative estimate of drug-likeness (QED) is 0.730. The van der Waals surface area contributed by atoms with Crippen LogP contribution in [0.3, 0.4) is 0 Å². The van der Waals surface area contributed by atoms with Crippen molar-refractivity contribution in [2.75, 3.05) is 0 Å². The second kappa shape index (κ2) is 8.60. The molecule has 8 nitrogen and oxygen atoms in total. The zero-order valence-electron chi connectivity index (χ0n) is 16.6. The normalized spacial score (nSPS) is 12.9. The Balaban J connectivity index is 2.11. The van der Waals surface area contributed by atoms with Gasteiger partial charge in [-0.2, -0.15) is 0 Å². The monoisotopic (exact) mass is 393 g/mol. The number of imide groups is 1. The van der Waals surface area contributed by atoms with Crippen molar-refractivity contribution in [3.05, 3.63) is 18.4 Å². The fourth-order valence-electron chi connectivity index (χ4n) is 2.29. The predicted octanol–water partition coefficient (Wildman–Crippen LogP) is 3.30.